The van der Waals surface area contributed by atoms with Crippen molar-refractivity contribution in [3.63, 3.8) is 0 Å². The molecule has 1 fully saturated rings. The molecule has 168 valence electrons. The second kappa shape index (κ2) is 10.1. The summed E-state index contributed by atoms with van der Waals surface area (Å²) >= 11 is 7.29. The first-order chi connectivity index (χ1) is 14.7. The zero-order valence-electron chi connectivity index (χ0n) is 17.6. The van der Waals surface area contributed by atoms with E-state index in [4.69, 9.17) is 11.6 Å². The van der Waals surface area contributed by atoms with Crippen molar-refractivity contribution in [2.24, 2.45) is 0 Å². The molecule has 2 heterocycles. The molecule has 3 rings (SSSR count). The van der Waals surface area contributed by atoms with Crippen molar-refractivity contribution in [1.29, 1.82) is 0 Å². The highest BCUT2D eigenvalue weighted by Gasteiger charge is 2.31. The van der Waals surface area contributed by atoms with Gasteiger partial charge in [0.05, 0.1) is 4.90 Å². The minimum absolute atomic E-state index is 0.0275. The van der Waals surface area contributed by atoms with Gasteiger partial charge in [0, 0.05) is 59.5 Å². The van der Waals surface area contributed by atoms with Gasteiger partial charge >= 0.3 is 0 Å². The van der Waals surface area contributed by atoms with E-state index < -0.39 is 10.0 Å². The van der Waals surface area contributed by atoms with Gasteiger partial charge in [0.25, 0.3) is 5.91 Å². The molecule has 7 nitrogen and oxygen atoms in total. The Balaban J connectivity index is 1.42. The molecule has 10 heteroatoms. The topological polar surface area (TPSA) is 86.8 Å². The molecule has 0 aliphatic carbocycles. The lowest BCUT2D eigenvalue weighted by Gasteiger charge is -2.34. The number of aryl methyl sites for hydroxylation is 2. The average molecular weight is 484 g/mol. The van der Waals surface area contributed by atoms with Gasteiger partial charge in [0.15, 0.2) is 0 Å². The van der Waals surface area contributed by atoms with Gasteiger partial charge in [0.2, 0.25) is 15.9 Å². The normalized spacial score (nSPS) is 15.1. The highest BCUT2D eigenvalue weighted by molar-refractivity contribution is 7.89. The third-order valence-electron chi connectivity index (χ3n) is 5.16. The van der Waals surface area contributed by atoms with Crippen LogP contribution in [0, 0.1) is 13.8 Å². The van der Waals surface area contributed by atoms with Crippen molar-refractivity contribution in [2.75, 3.05) is 32.7 Å². The van der Waals surface area contributed by atoms with E-state index >= 15 is 0 Å². The van der Waals surface area contributed by atoms with Crippen LogP contribution in [-0.2, 0) is 14.8 Å². The van der Waals surface area contributed by atoms with Crippen LogP contribution in [0.4, 0.5) is 0 Å². The van der Waals surface area contributed by atoms with Gasteiger partial charge in [-0.2, -0.15) is 4.31 Å². The summed E-state index contributed by atoms with van der Waals surface area (Å²) in [5.74, 6) is -0.234. The Morgan fingerprint density at radius 2 is 1.74 bits per heavy atom. The van der Waals surface area contributed by atoms with Crippen molar-refractivity contribution in [1.82, 2.24) is 14.5 Å². The van der Waals surface area contributed by atoms with Crippen LogP contribution in [0.2, 0.25) is 5.02 Å². The smallest absolute Gasteiger partial charge is 0.251 e. The van der Waals surface area contributed by atoms with Gasteiger partial charge in [-0.1, -0.05) is 11.6 Å². The summed E-state index contributed by atoms with van der Waals surface area (Å²) in [7, 11) is -3.53. The maximum Gasteiger partial charge on any atom is 0.251 e. The lowest BCUT2D eigenvalue weighted by molar-refractivity contribution is -0.132. The number of hydrogen-bond acceptors (Lipinski definition) is 5. The molecule has 0 atom stereocenters. The molecule has 0 bridgehead atoms. The van der Waals surface area contributed by atoms with Crippen molar-refractivity contribution in [2.45, 2.75) is 31.6 Å². The monoisotopic (exact) mass is 483 g/mol. The van der Waals surface area contributed by atoms with Crippen LogP contribution >= 0.6 is 22.9 Å². The van der Waals surface area contributed by atoms with Crippen molar-refractivity contribution < 1.29 is 18.0 Å². The van der Waals surface area contributed by atoms with Crippen LogP contribution in [-0.4, -0.2) is 62.2 Å². The van der Waals surface area contributed by atoms with E-state index in [0.717, 1.165) is 9.75 Å². The molecule has 0 spiro atoms. The number of piperazine rings is 1. The second-order valence-electron chi connectivity index (χ2n) is 7.43. The first kappa shape index (κ1) is 23.7. The molecule has 2 aromatic rings. The zero-order chi connectivity index (χ0) is 22.6. The summed E-state index contributed by atoms with van der Waals surface area (Å²) in [6, 6.07) is 8.32. The summed E-state index contributed by atoms with van der Waals surface area (Å²) in [6.07, 6.45) is 0.820. The number of thiophene rings is 1. The Labute approximate surface area is 192 Å². The van der Waals surface area contributed by atoms with Crippen LogP contribution < -0.4 is 5.32 Å². The molecule has 1 aliphatic heterocycles. The van der Waals surface area contributed by atoms with Crippen molar-refractivity contribution in [3.8, 4) is 0 Å². The first-order valence-electron chi connectivity index (χ1n) is 10.1. The van der Waals surface area contributed by atoms with E-state index in [2.05, 4.69) is 5.32 Å². The largest absolute Gasteiger partial charge is 0.352 e. The van der Waals surface area contributed by atoms with Crippen LogP contribution in [0.25, 0.3) is 0 Å². The van der Waals surface area contributed by atoms with Crippen molar-refractivity contribution in [3.05, 3.63) is 50.7 Å². The standard InChI is InChI=1S/C21H26ClN3O4S2/c1-15-14-19(16(2)30-15)31(28,29)25-12-10-24(11-13-25)20(26)4-3-9-23-21(27)17-5-7-18(22)8-6-17/h5-8,14H,3-4,9-13H2,1-2H3,(H,23,27). The van der Waals surface area contributed by atoms with Crippen LogP contribution in [0.5, 0.6) is 0 Å². The zero-order valence-corrected chi connectivity index (χ0v) is 19.9. The predicted octanol–water partition coefficient (Wildman–Crippen LogP) is 3.06. The number of benzene rings is 1. The number of carbonyl (C=O) groups excluding carboxylic acids is 2. The van der Waals surface area contributed by atoms with Gasteiger partial charge in [-0.3, -0.25) is 9.59 Å². The summed E-state index contributed by atoms with van der Waals surface area (Å²) in [5.41, 5.74) is 0.518. The highest BCUT2D eigenvalue weighted by atomic mass is 35.5. The lowest BCUT2D eigenvalue weighted by Crippen LogP contribution is -2.50. The molecular weight excluding hydrogens is 458 g/mol. The quantitative estimate of drug-likeness (QED) is 0.613. The van der Waals surface area contributed by atoms with E-state index in [1.165, 1.54) is 15.6 Å². The average Bonchev–Trinajstić information content (AvgIpc) is 3.10. The van der Waals surface area contributed by atoms with Gasteiger partial charge < -0.3 is 10.2 Å². The Morgan fingerprint density at radius 1 is 1.10 bits per heavy atom. The third-order valence-corrected chi connectivity index (χ3v) is 8.54. The number of carbonyl (C=O) groups is 2. The number of nitrogens with one attached hydrogen (secondary N) is 1. The number of hydrogen-bond donors (Lipinski definition) is 1. The Bertz CT molecular complexity index is 1040. The Kier molecular flexibility index (Phi) is 7.74. The number of nitrogens with zero attached hydrogens (tertiary/aromatic N) is 2. The molecule has 1 aromatic heterocycles. The Hall–Kier alpha value is -1.94. The van der Waals surface area contributed by atoms with E-state index in [9.17, 15) is 18.0 Å². The molecule has 2 amide bonds. The fourth-order valence-corrected chi connectivity index (χ4v) is 6.56. The number of rotatable bonds is 7. The molecule has 0 unspecified atom stereocenters. The fraction of sp³-hybridized carbons (Fsp3) is 0.429. The predicted molar refractivity (Wildman–Crippen MR) is 122 cm³/mol. The molecule has 31 heavy (non-hydrogen) atoms. The van der Waals surface area contributed by atoms with Gasteiger partial charge in [0.1, 0.15) is 0 Å². The maximum atomic E-state index is 12.9. The van der Waals surface area contributed by atoms with E-state index in [1.807, 2.05) is 13.8 Å². The second-order valence-corrected chi connectivity index (χ2v) is 11.2. The van der Waals surface area contributed by atoms with E-state index in [0.29, 0.717) is 48.0 Å². The first-order valence-corrected chi connectivity index (χ1v) is 12.7. The summed E-state index contributed by atoms with van der Waals surface area (Å²) in [5, 5.41) is 3.36. The van der Waals surface area contributed by atoms with Crippen LogP contribution in [0.15, 0.2) is 35.2 Å². The molecule has 0 saturated carbocycles. The summed E-state index contributed by atoms with van der Waals surface area (Å²) in [4.78, 5) is 28.3. The molecule has 1 aromatic carbocycles. The Morgan fingerprint density at radius 3 is 2.32 bits per heavy atom. The molecular formula is C21H26ClN3O4S2. The summed E-state index contributed by atoms with van der Waals surface area (Å²) < 4.78 is 27.2. The minimum atomic E-state index is -3.53. The SMILES string of the molecule is Cc1cc(S(=O)(=O)N2CCN(C(=O)CCCNC(=O)c3ccc(Cl)cc3)CC2)c(C)s1. The van der Waals surface area contributed by atoms with Gasteiger partial charge in [-0.25, -0.2) is 8.42 Å². The third kappa shape index (κ3) is 5.85. The summed E-state index contributed by atoms with van der Waals surface area (Å²) in [6.45, 7) is 5.42. The fourth-order valence-electron chi connectivity index (χ4n) is 3.48. The maximum absolute atomic E-state index is 12.9. The van der Waals surface area contributed by atoms with Gasteiger partial charge in [-0.05, 0) is 50.6 Å². The van der Waals surface area contributed by atoms with Crippen LogP contribution in [0.1, 0.15) is 33.0 Å². The minimum Gasteiger partial charge on any atom is -0.352 e. The van der Waals surface area contributed by atoms with E-state index in [1.54, 1.807) is 35.2 Å². The molecule has 1 N–H and O–H groups in total. The number of halogens is 1. The molecule has 1 saturated heterocycles. The molecule has 1 aliphatic rings. The van der Waals surface area contributed by atoms with Gasteiger partial charge in [-0.15, -0.1) is 11.3 Å². The van der Waals surface area contributed by atoms with Crippen molar-refractivity contribution >= 4 is 44.8 Å². The lowest BCUT2D eigenvalue weighted by atomic mass is 10.2. The highest BCUT2D eigenvalue weighted by Crippen LogP contribution is 2.28. The number of sulfonamides is 1. The van der Waals surface area contributed by atoms with Crippen LogP contribution in [0.3, 0.4) is 0 Å². The molecule has 0 radical (unpaired) electrons. The van der Waals surface area contributed by atoms with E-state index in [-0.39, 0.29) is 24.9 Å². The number of amides is 2.